The van der Waals surface area contributed by atoms with E-state index in [1.807, 2.05) is 0 Å². The van der Waals surface area contributed by atoms with Crippen LogP contribution in [0.4, 0.5) is 0 Å². The first-order valence-electron chi connectivity index (χ1n) is 8.42. The summed E-state index contributed by atoms with van der Waals surface area (Å²) in [6, 6.07) is 16.1. The minimum atomic E-state index is 0.653. The predicted octanol–water partition coefficient (Wildman–Crippen LogP) is 5.19. The molecule has 0 spiro atoms. The number of aryl methyl sites for hydroxylation is 1. The molecule has 0 amide bonds. The summed E-state index contributed by atoms with van der Waals surface area (Å²) in [5.41, 5.74) is 1.49. The third-order valence-electron chi connectivity index (χ3n) is 4.30. The summed E-state index contributed by atoms with van der Waals surface area (Å²) in [6.07, 6.45) is 4.92. The molecule has 0 bridgehead atoms. The first-order valence-corrected chi connectivity index (χ1v) is 8.42. The lowest BCUT2D eigenvalue weighted by Gasteiger charge is -2.22. The van der Waals surface area contributed by atoms with Crippen LogP contribution >= 0.6 is 0 Å². The molecule has 2 aromatic rings. The average molecular weight is 283 g/mol. The van der Waals surface area contributed by atoms with E-state index in [0.29, 0.717) is 12.0 Å². The van der Waals surface area contributed by atoms with Crippen LogP contribution in [0.2, 0.25) is 0 Å². The number of benzene rings is 2. The van der Waals surface area contributed by atoms with Gasteiger partial charge in [0.2, 0.25) is 0 Å². The summed E-state index contributed by atoms with van der Waals surface area (Å²) >= 11 is 0. The molecule has 0 aliphatic carbocycles. The van der Waals surface area contributed by atoms with Gasteiger partial charge in [-0.25, -0.2) is 0 Å². The Morgan fingerprint density at radius 2 is 1.76 bits per heavy atom. The Balaban J connectivity index is 1.95. The highest BCUT2D eigenvalue weighted by Gasteiger charge is 2.12. The van der Waals surface area contributed by atoms with Crippen molar-refractivity contribution in [2.24, 2.45) is 5.92 Å². The molecule has 0 aliphatic rings. The topological polar surface area (TPSA) is 12.0 Å². The lowest BCUT2D eigenvalue weighted by molar-refractivity contribution is 0.370. The Kier molecular flexibility index (Phi) is 6.25. The standard InChI is InChI=1S/C20H29N/c1-4-15-21-20(16(2)3)14-8-12-18-11-7-10-17-9-5-6-13-19(17)18/h5-7,9-11,13,16,20-21H,4,8,12,14-15H2,1-3H3. The fourth-order valence-electron chi connectivity index (χ4n) is 3.02. The molecule has 1 nitrogen and oxygen atoms in total. The quantitative estimate of drug-likeness (QED) is 0.703. The SMILES string of the molecule is CCCNC(CCCc1cccc2ccccc12)C(C)C. The van der Waals surface area contributed by atoms with E-state index in [1.54, 1.807) is 0 Å². The van der Waals surface area contributed by atoms with Gasteiger partial charge in [0.1, 0.15) is 0 Å². The van der Waals surface area contributed by atoms with Gasteiger partial charge in [-0.1, -0.05) is 63.2 Å². The minimum Gasteiger partial charge on any atom is -0.314 e. The molecule has 0 fully saturated rings. The summed E-state index contributed by atoms with van der Waals surface area (Å²) in [4.78, 5) is 0. The molecule has 0 saturated carbocycles. The maximum absolute atomic E-state index is 3.69. The van der Waals surface area contributed by atoms with Crippen LogP contribution in [0.3, 0.4) is 0 Å². The van der Waals surface area contributed by atoms with E-state index < -0.39 is 0 Å². The molecule has 0 aromatic heterocycles. The van der Waals surface area contributed by atoms with Crippen LogP contribution in [0.1, 0.15) is 45.6 Å². The Morgan fingerprint density at radius 1 is 1.00 bits per heavy atom. The van der Waals surface area contributed by atoms with Gasteiger partial charge in [0.05, 0.1) is 0 Å². The van der Waals surface area contributed by atoms with Crippen LogP contribution in [0, 0.1) is 5.92 Å². The Hall–Kier alpha value is -1.34. The van der Waals surface area contributed by atoms with Crippen LogP contribution in [0.15, 0.2) is 42.5 Å². The van der Waals surface area contributed by atoms with Gasteiger partial charge in [-0.05, 0) is 54.5 Å². The largest absolute Gasteiger partial charge is 0.314 e. The maximum Gasteiger partial charge on any atom is 0.00901 e. The van der Waals surface area contributed by atoms with Gasteiger partial charge in [-0.3, -0.25) is 0 Å². The van der Waals surface area contributed by atoms with Crippen LogP contribution in [0.5, 0.6) is 0 Å². The van der Waals surface area contributed by atoms with Gasteiger partial charge in [0.15, 0.2) is 0 Å². The summed E-state index contributed by atoms with van der Waals surface area (Å²) in [5.74, 6) is 0.712. The average Bonchev–Trinajstić information content (AvgIpc) is 2.50. The molecule has 21 heavy (non-hydrogen) atoms. The molecule has 0 aliphatic heterocycles. The smallest absolute Gasteiger partial charge is 0.00901 e. The molecule has 1 N–H and O–H groups in total. The molecule has 0 heterocycles. The molecule has 0 saturated heterocycles. The van der Waals surface area contributed by atoms with Crippen molar-refractivity contribution in [3.05, 3.63) is 48.0 Å². The first kappa shape index (κ1) is 16.0. The van der Waals surface area contributed by atoms with Gasteiger partial charge >= 0.3 is 0 Å². The highest BCUT2D eigenvalue weighted by molar-refractivity contribution is 5.85. The second-order valence-electron chi connectivity index (χ2n) is 6.34. The van der Waals surface area contributed by atoms with E-state index in [9.17, 15) is 0 Å². The molecule has 2 rings (SSSR count). The number of nitrogens with one attached hydrogen (secondary N) is 1. The second kappa shape index (κ2) is 8.19. The monoisotopic (exact) mass is 283 g/mol. The summed E-state index contributed by atoms with van der Waals surface area (Å²) in [5, 5.41) is 6.47. The molecular formula is C20H29N. The zero-order chi connectivity index (χ0) is 15.1. The van der Waals surface area contributed by atoms with Gasteiger partial charge in [0.25, 0.3) is 0 Å². The highest BCUT2D eigenvalue weighted by Crippen LogP contribution is 2.21. The lowest BCUT2D eigenvalue weighted by Crippen LogP contribution is -2.34. The molecule has 2 aromatic carbocycles. The zero-order valence-electron chi connectivity index (χ0n) is 13.7. The molecule has 0 radical (unpaired) electrons. The summed E-state index contributed by atoms with van der Waals surface area (Å²) in [6.45, 7) is 8.02. The Morgan fingerprint density at radius 3 is 2.52 bits per heavy atom. The van der Waals surface area contributed by atoms with Crippen molar-refractivity contribution in [2.75, 3.05) is 6.54 Å². The summed E-state index contributed by atoms with van der Waals surface area (Å²) in [7, 11) is 0. The van der Waals surface area contributed by atoms with Crippen LogP contribution < -0.4 is 5.32 Å². The van der Waals surface area contributed by atoms with Gasteiger partial charge in [-0.15, -0.1) is 0 Å². The van der Waals surface area contributed by atoms with Gasteiger partial charge in [-0.2, -0.15) is 0 Å². The zero-order valence-corrected chi connectivity index (χ0v) is 13.7. The predicted molar refractivity (Wildman–Crippen MR) is 93.8 cm³/mol. The van der Waals surface area contributed by atoms with Gasteiger partial charge in [0, 0.05) is 6.04 Å². The Labute approximate surface area is 129 Å². The fourth-order valence-corrected chi connectivity index (χ4v) is 3.02. The van der Waals surface area contributed by atoms with E-state index >= 15 is 0 Å². The van der Waals surface area contributed by atoms with E-state index in [-0.39, 0.29) is 0 Å². The van der Waals surface area contributed by atoms with E-state index in [2.05, 4.69) is 68.6 Å². The fraction of sp³-hybridized carbons (Fsp3) is 0.500. The van der Waals surface area contributed by atoms with Crippen molar-refractivity contribution in [1.82, 2.24) is 5.32 Å². The van der Waals surface area contributed by atoms with Gasteiger partial charge < -0.3 is 5.32 Å². The number of hydrogen-bond acceptors (Lipinski definition) is 1. The van der Waals surface area contributed by atoms with E-state index in [1.165, 1.54) is 42.0 Å². The van der Waals surface area contributed by atoms with Crippen molar-refractivity contribution in [3.63, 3.8) is 0 Å². The maximum atomic E-state index is 3.69. The second-order valence-corrected chi connectivity index (χ2v) is 6.34. The molecule has 1 heteroatoms. The van der Waals surface area contributed by atoms with Crippen molar-refractivity contribution >= 4 is 10.8 Å². The van der Waals surface area contributed by atoms with Crippen LogP contribution in [0.25, 0.3) is 10.8 Å². The Bertz CT molecular complexity index is 539. The third-order valence-corrected chi connectivity index (χ3v) is 4.30. The first-order chi connectivity index (χ1) is 10.2. The minimum absolute atomic E-state index is 0.653. The van der Waals surface area contributed by atoms with Crippen LogP contribution in [-0.4, -0.2) is 12.6 Å². The van der Waals surface area contributed by atoms with Crippen molar-refractivity contribution in [1.29, 1.82) is 0 Å². The molecule has 1 atom stereocenters. The summed E-state index contributed by atoms with van der Waals surface area (Å²) < 4.78 is 0. The van der Waals surface area contributed by atoms with E-state index in [0.717, 1.165) is 6.54 Å². The van der Waals surface area contributed by atoms with Crippen molar-refractivity contribution in [2.45, 2.75) is 52.5 Å². The third kappa shape index (κ3) is 4.57. The number of hydrogen-bond donors (Lipinski definition) is 1. The van der Waals surface area contributed by atoms with Crippen molar-refractivity contribution in [3.8, 4) is 0 Å². The van der Waals surface area contributed by atoms with Crippen LogP contribution in [-0.2, 0) is 6.42 Å². The number of fused-ring (bicyclic) bond motifs is 1. The van der Waals surface area contributed by atoms with E-state index in [4.69, 9.17) is 0 Å². The number of rotatable bonds is 8. The normalized spacial score (nSPS) is 13.0. The van der Waals surface area contributed by atoms with Crippen molar-refractivity contribution < 1.29 is 0 Å². The molecule has 114 valence electrons. The molecule has 1 unspecified atom stereocenters. The highest BCUT2D eigenvalue weighted by atomic mass is 14.9. The molecular weight excluding hydrogens is 254 g/mol. The lowest BCUT2D eigenvalue weighted by atomic mass is 9.95.